The zero-order chi connectivity index (χ0) is 41.5. The van der Waals surface area contributed by atoms with E-state index >= 15 is 0 Å². The number of benzene rings is 9. The normalized spacial score (nSPS) is 15.5. The fourth-order valence-corrected chi connectivity index (χ4v) is 12.4. The summed E-state index contributed by atoms with van der Waals surface area (Å²) in [6.45, 7) is 9.56. The molecule has 1 nitrogen and oxygen atoms in total. The van der Waals surface area contributed by atoms with E-state index in [4.69, 9.17) is 0 Å². The van der Waals surface area contributed by atoms with Crippen LogP contribution in [0.5, 0.6) is 0 Å². The summed E-state index contributed by atoms with van der Waals surface area (Å²) >= 11 is 0. The number of nitrogens with zero attached hydrogens (tertiary/aromatic N) is 1. The Bertz CT molecular complexity index is 3310. The molecule has 1 spiro atoms. The van der Waals surface area contributed by atoms with Gasteiger partial charge in [0.15, 0.2) is 0 Å². The number of rotatable bonds is 3. The van der Waals surface area contributed by atoms with Gasteiger partial charge in [-0.05, 0) is 113 Å². The molecule has 4 aliphatic carbocycles. The molecule has 9 aromatic carbocycles. The highest BCUT2D eigenvalue weighted by molar-refractivity contribution is 6.04. The molecule has 0 bridgehead atoms. The minimum absolute atomic E-state index is 0.146. The largest absolute Gasteiger partial charge is 0.309 e. The summed E-state index contributed by atoms with van der Waals surface area (Å²) in [5.41, 5.74) is 26.4. The molecule has 0 saturated carbocycles. The van der Waals surface area contributed by atoms with Crippen molar-refractivity contribution >= 4 is 17.1 Å². The quantitative estimate of drug-likeness (QED) is 0.172. The molecular weight excluding hydrogens is 747 g/mol. The van der Waals surface area contributed by atoms with Crippen molar-refractivity contribution < 1.29 is 0 Å². The van der Waals surface area contributed by atoms with E-state index in [0.717, 1.165) is 0 Å². The summed E-state index contributed by atoms with van der Waals surface area (Å²) in [6.07, 6.45) is 0. The minimum Gasteiger partial charge on any atom is -0.309 e. The Morgan fingerprint density at radius 3 is 1.19 bits per heavy atom. The molecule has 0 radical (unpaired) electrons. The van der Waals surface area contributed by atoms with Crippen LogP contribution in [0.25, 0.3) is 55.6 Å². The van der Waals surface area contributed by atoms with Crippen LogP contribution in [0, 0.1) is 0 Å². The van der Waals surface area contributed by atoms with Gasteiger partial charge in [-0.25, -0.2) is 0 Å². The molecule has 0 amide bonds. The van der Waals surface area contributed by atoms with Gasteiger partial charge in [-0.3, -0.25) is 0 Å². The van der Waals surface area contributed by atoms with E-state index in [0.29, 0.717) is 0 Å². The summed E-state index contributed by atoms with van der Waals surface area (Å²) in [5.74, 6) is 0. The van der Waals surface area contributed by atoms with Gasteiger partial charge in [0.2, 0.25) is 0 Å². The van der Waals surface area contributed by atoms with E-state index in [-0.39, 0.29) is 10.8 Å². The number of anilines is 3. The van der Waals surface area contributed by atoms with Crippen molar-refractivity contribution in [1.29, 1.82) is 0 Å². The van der Waals surface area contributed by atoms with Crippen molar-refractivity contribution in [2.24, 2.45) is 0 Å². The van der Waals surface area contributed by atoms with Gasteiger partial charge in [0.25, 0.3) is 0 Å². The predicted molar refractivity (Wildman–Crippen MR) is 258 cm³/mol. The Balaban J connectivity index is 1.16. The fourth-order valence-electron chi connectivity index (χ4n) is 12.4. The lowest BCUT2D eigenvalue weighted by molar-refractivity contribution is 0.660. The molecule has 0 unspecified atom stereocenters. The highest BCUT2D eigenvalue weighted by Gasteiger charge is 2.51. The Hall–Kier alpha value is -7.22. The SMILES string of the molecule is CC1(C)c2ccccc2-c2ccc(N(c3cccc4c3-c3ccccc3C4(C)C)c3cccc4c3-c3ccccc3C43c4ccccc4-c4ccccc4-c4ccccc43)cc21. The lowest BCUT2D eigenvalue weighted by atomic mass is 9.66. The van der Waals surface area contributed by atoms with Crippen molar-refractivity contribution in [2.45, 2.75) is 43.9 Å². The number of hydrogen-bond acceptors (Lipinski definition) is 1. The van der Waals surface area contributed by atoms with E-state index in [1.165, 1.54) is 117 Å². The standard InChI is InChI=1S/C61H45N/c1-59(2)48-27-13-10-24-45(48)57-52(59)31-17-33-55(57)62(38-35-36-44-43-23-7-12-26-47(43)60(3,4)54(44)37-38)56-34-18-32-53-58(56)46-25-11-16-30-51(46)61(53)49-28-14-8-21-41(49)39-19-5-6-20-40(39)42-22-9-15-29-50(42)61/h5-37H,1-4H3. The van der Waals surface area contributed by atoms with Crippen molar-refractivity contribution in [2.75, 3.05) is 4.90 Å². The van der Waals surface area contributed by atoms with Crippen LogP contribution in [-0.2, 0) is 16.2 Å². The first-order valence-electron chi connectivity index (χ1n) is 22.1. The molecule has 13 rings (SSSR count). The first-order chi connectivity index (χ1) is 30.3. The van der Waals surface area contributed by atoms with Gasteiger partial charge in [-0.2, -0.15) is 0 Å². The van der Waals surface area contributed by atoms with Gasteiger partial charge in [0, 0.05) is 27.6 Å². The van der Waals surface area contributed by atoms with Crippen molar-refractivity contribution in [3.05, 3.63) is 245 Å². The topological polar surface area (TPSA) is 3.24 Å². The smallest absolute Gasteiger partial charge is 0.0726 e. The average molecular weight is 792 g/mol. The Morgan fingerprint density at radius 1 is 0.274 bits per heavy atom. The van der Waals surface area contributed by atoms with Crippen LogP contribution < -0.4 is 4.90 Å². The van der Waals surface area contributed by atoms with E-state index < -0.39 is 5.41 Å². The highest BCUT2D eigenvalue weighted by atomic mass is 15.1. The molecule has 0 fully saturated rings. The molecular formula is C61H45N. The molecule has 0 N–H and O–H groups in total. The lowest BCUT2D eigenvalue weighted by Crippen LogP contribution is -2.29. The van der Waals surface area contributed by atoms with Gasteiger partial charge in [0.1, 0.15) is 0 Å². The van der Waals surface area contributed by atoms with Crippen molar-refractivity contribution in [1.82, 2.24) is 0 Å². The second-order valence-electron chi connectivity index (χ2n) is 18.7. The molecule has 0 saturated heterocycles. The van der Waals surface area contributed by atoms with Gasteiger partial charge < -0.3 is 4.90 Å². The Morgan fingerprint density at radius 2 is 0.629 bits per heavy atom. The van der Waals surface area contributed by atoms with E-state index in [9.17, 15) is 0 Å². The third-order valence-corrected chi connectivity index (χ3v) is 15.1. The average Bonchev–Trinajstić information content (AvgIpc) is 3.81. The lowest BCUT2D eigenvalue weighted by Gasteiger charge is -2.36. The summed E-state index contributed by atoms with van der Waals surface area (Å²) < 4.78 is 0. The second kappa shape index (κ2) is 12.4. The summed E-state index contributed by atoms with van der Waals surface area (Å²) in [7, 11) is 0. The van der Waals surface area contributed by atoms with E-state index in [2.05, 4.69) is 233 Å². The maximum absolute atomic E-state index is 2.62. The molecule has 9 aromatic rings. The van der Waals surface area contributed by atoms with Crippen LogP contribution >= 0.6 is 0 Å². The number of hydrogen-bond donors (Lipinski definition) is 0. The molecule has 4 aliphatic rings. The zero-order valence-electron chi connectivity index (χ0n) is 35.5. The van der Waals surface area contributed by atoms with Crippen LogP contribution in [0.4, 0.5) is 17.1 Å². The van der Waals surface area contributed by atoms with Crippen LogP contribution in [-0.4, -0.2) is 0 Å². The molecule has 0 heterocycles. The van der Waals surface area contributed by atoms with Crippen molar-refractivity contribution in [3.8, 4) is 55.6 Å². The first kappa shape index (κ1) is 35.5. The molecule has 1 heteroatoms. The zero-order valence-corrected chi connectivity index (χ0v) is 35.5. The maximum Gasteiger partial charge on any atom is 0.0726 e. The van der Waals surface area contributed by atoms with Gasteiger partial charge >= 0.3 is 0 Å². The fraction of sp³-hybridized carbons (Fsp3) is 0.115. The van der Waals surface area contributed by atoms with Gasteiger partial charge in [-0.15, -0.1) is 0 Å². The van der Waals surface area contributed by atoms with Crippen LogP contribution in [0.2, 0.25) is 0 Å². The first-order valence-corrected chi connectivity index (χ1v) is 22.1. The van der Waals surface area contributed by atoms with Crippen LogP contribution in [0.1, 0.15) is 72.2 Å². The van der Waals surface area contributed by atoms with Gasteiger partial charge in [0.05, 0.1) is 16.8 Å². The van der Waals surface area contributed by atoms with E-state index in [1.807, 2.05) is 0 Å². The van der Waals surface area contributed by atoms with Gasteiger partial charge in [-0.1, -0.05) is 204 Å². The number of fused-ring (bicyclic) bond motifs is 18. The van der Waals surface area contributed by atoms with Crippen molar-refractivity contribution in [3.63, 3.8) is 0 Å². The summed E-state index contributed by atoms with van der Waals surface area (Å²) in [5, 5.41) is 0. The monoisotopic (exact) mass is 791 g/mol. The Labute approximate surface area is 364 Å². The maximum atomic E-state index is 2.62. The highest BCUT2D eigenvalue weighted by Crippen LogP contribution is 2.64. The molecule has 0 aliphatic heterocycles. The van der Waals surface area contributed by atoms with E-state index in [1.54, 1.807) is 0 Å². The predicted octanol–water partition coefficient (Wildman–Crippen LogP) is 15.8. The van der Waals surface area contributed by atoms with Crippen LogP contribution in [0.3, 0.4) is 0 Å². The molecule has 0 aromatic heterocycles. The summed E-state index contributed by atoms with van der Waals surface area (Å²) in [4.78, 5) is 2.62. The van der Waals surface area contributed by atoms with Crippen LogP contribution in [0.15, 0.2) is 200 Å². The third kappa shape index (κ3) is 4.38. The third-order valence-electron chi connectivity index (χ3n) is 15.1. The molecule has 294 valence electrons. The minimum atomic E-state index is -0.575. The second-order valence-corrected chi connectivity index (χ2v) is 18.7. The Kier molecular flexibility index (Phi) is 7.12. The molecule has 0 atom stereocenters. The molecule has 62 heavy (non-hydrogen) atoms. The summed E-state index contributed by atoms with van der Waals surface area (Å²) in [6, 6.07) is 76.1.